The van der Waals surface area contributed by atoms with Gasteiger partial charge in [-0.05, 0) is 30.3 Å². The molecule has 0 saturated heterocycles. The quantitative estimate of drug-likeness (QED) is 0.730. The van der Waals surface area contributed by atoms with E-state index in [9.17, 15) is 13.2 Å². The van der Waals surface area contributed by atoms with Crippen LogP contribution in [0.15, 0.2) is 53.2 Å². The number of alkyl halides is 3. The lowest BCUT2D eigenvalue weighted by molar-refractivity contribution is -0.192. The summed E-state index contributed by atoms with van der Waals surface area (Å²) in [5.41, 5.74) is 1.59. The summed E-state index contributed by atoms with van der Waals surface area (Å²) < 4.78 is 37.3. The van der Waals surface area contributed by atoms with Crippen molar-refractivity contribution in [3.8, 4) is 22.9 Å². The van der Waals surface area contributed by atoms with Crippen molar-refractivity contribution in [2.24, 2.45) is 0 Å². The molecular weight excluding hydrogens is 363 g/mol. The lowest BCUT2D eigenvalue weighted by atomic mass is 10.2. The Morgan fingerprint density at radius 3 is 2.20 bits per heavy atom. The van der Waals surface area contributed by atoms with E-state index in [0.29, 0.717) is 16.8 Å². The average Bonchev–Trinajstić information content (AvgIpc) is 3.05. The Kier molecular flexibility index (Phi) is 5.71. The van der Waals surface area contributed by atoms with Crippen LogP contribution >= 0.6 is 11.6 Å². The van der Waals surface area contributed by atoms with Crippen LogP contribution in [-0.4, -0.2) is 32.4 Å². The fraction of sp³-hybridized carbons (Fsp3) is 0.0667. The van der Waals surface area contributed by atoms with E-state index in [1.807, 2.05) is 24.3 Å². The Labute approximate surface area is 143 Å². The third-order valence-electron chi connectivity index (χ3n) is 2.65. The number of pyridine rings is 1. The van der Waals surface area contributed by atoms with Crippen LogP contribution in [0, 0.1) is 0 Å². The van der Waals surface area contributed by atoms with Crippen LogP contribution in [0.2, 0.25) is 5.02 Å². The normalized spacial score (nSPS) is 10.7. The lowest BCUT2D eigenvalue weighted by Gasteiger charge is -1.95. The summed E-state index contributed by atoms with van der Waals surface area (Å²) in [5, 5.41) is 15.8. The molecule has 10 heteroatoms. The number of carbonyl (C=O) groups is 1. The van der Waals surface area contributed by atoms with Gasteiger partial charge in [-0.25, -0.2) is 4.79 Å². The molecule has 0 saturated carbocycles. The van der Waals surface area contributed by atoms with Crippen LogP contribution < -0.4 is 0 Å². The van der Waals surface area contributed by atoms with E-state index in [1.54, 1.807) is 24.5 Å². The number of carboxylic acids is 1. The predicted molar refractivity (Wildman–Crippen MR) is 81.7 cm³/mol. The van der Waals surface area contributed by atoms with Crippen molar-refractivity contribution in [1.29, 1.82) is 0 Å². The fourth-order valence-corrected chi connectivity index (χ4v) is 1.76. The second kappa shape index (κ2) is 7.75. The molecule has 25 heavy (non-hydrogen) atoms. The topological polar surface area (TPSA) is 89.1 Å². The molecule has 130 valence electrons. The first-order valence-electron chi connectivity index (χ1n) is 6.57. The number of hydrogen-bond acceptors (Lipinski definition) is 5. The van der Waals surface area contributed by atoms with Crippen molar-refractivity contribution in [2.45, 2.75) is 6.18 Å². The van der Waals surface area contributed by atoms with Gasteiger partial charge in [0.05, 0.1) is 5.56 Å². The second-order valence-corrected chi connectivity index (χ2v) is 4.90. The summed E-state index contributed by atoms with van der Waals surface area (Å²) >= 11 is 5.92. The molecule has 0 radical (unpaired) electrons. The van der Waals surface area contributed by atoms with Gasteiger partial charge in [0.25, 0.3) is 0 Å². The zero-order valence-corrected chi connectivity index (χ0v) is 13.0. The summed E-state index contributed by atoms with van der Waals surface area (Å²) in [6.07, 6.45) is -1.72. The van der Waals surface area contributed by atoms with Gasteiger partial charge in [-0.1, -0.05) is 17.7 Å². The highest BCUT2D eigenvalue weighted by Gasteiger charge is 2.38. The number of nitrogens with zero attached hydrogens (tertiary/aromatic N) is 3. The van der Waals surface area contributed by atoms with E-state index in [1.165, 1.54) is 0 Å². The number of aromatic nitrogens is 3. The number of rotatable bonds is 2. The van der Waals surface area contributed by atoms with Gasteiger partial charge in [0, 0.05) is 23.0 Å². The molecule has 2 aromatic heterocycles. The van der Waals surface area contributed by atoms with Gasteiger partial charge in [0.2, 0.25) is 11.8 Å². The van der Waals surface area contributed by atoms with Crippen LogP contribution in [-0.2, 0) is 4.79 Å². The highest BCUT2D eigenvalue weighted by molar-refractivity contribution is 6.30. The summed E-state index contributed by atoms with van der Waals surface area (Å²) in [7, 11) is 0. The first kappa shape index (κ1) is 18.4. The van der Waals surface area contributed by atoms with E-state index < -0.39 is 12.1 Å². The molecule has 1 N–H and O–H groups in total. The van der Waals surface area contributed by atoms with Crippen LogP contribution in [0.5, 0.6) is 0 Å². The maximum absolute atomic E-state index is 10.6. The molecule has 0 aliphatic carbocycles. The first-order chi connectivity index (χ1) is 11.8. The van der Waals surface area contributed by atoms with Crippen LogP contribution in [0.25, 0.3) is 22.9 Å². The zero-order valence-electron chi connectivity index (χ0n) is 12.2. The van der Waals surface area contributed by atoms with Gasteiger partial charge in [0.15, 0.2) is 0 Å². The largest absolute Gasteiger partial charge is 0.490 e. The number of hydrogen-bond donors (Lipinski definition) is 1. The predicted octanol–water partition coefficient (Wildman–Crippen LogP) is 4.09. The minimum absolute atomic E-state index is 0.441. The van der Waals surface area contributed by atoms with Crippen molar-refractivity contribution >= 4 is 17.6 Å². The van der Waals surface area contributed by atoms with Crippen LogP contribution in [0.1, 0.15) is 0 Å². The van der Waals surface area contributed by atoms with Crippen molar-refractivity contribution in [2.75, 3.05) is 0 Å². The lowest BCUT2D eigenvalue weighted by Crippen LogP contribution is -2.21. The van der Waals surface area contributed by atoms with E-state index in [0.717, 1.165) is 11.1 Å². The van der Waals surface area contributed by atoms with Gasteiger partial charge in [0.1, 0.15) is 0 Å². The molecule has 0 aliphatic rings. The maximum Gasteiger partial charge on any atom is 0.490 e. The molecule has 0 unspecified atom stereocenters. The van der Waals surface area contributed by atoms with Gasteiger partial charge in [-0.3, -0.25) is 4.98 Å². The third-order valence-corrected chi connectivity index (χ3v) is 2.88. The van der Waals surface area contributed by atoms with Crippen molar-refractivity contribution in [3.63, 3.8) is 0 Å². The van der Waals surface area contributed by atoms with E-state index >= 15 is 0 Å². The summed E-state index contributed by atoms with van der Waals surface area (Å²) in [6.45, 7) is 0. The molecule has 1 aromatic carbocycles. The summed E-state index contributed by atoms with van der Waals surface area (Å²) in [4.78, 5) is 12.9. The van der Waals surface area contributed by atoms with E-state index in [4.69, 9.17) is 25.9 Å². The Morgan fingerprint density at radius 2 is 1.68 bits per heavy atom. The molecule has 3 aromatic rings. The fourth-order valence-electron chi connectivity index (χ4n) is 1.57. The van der Waals surface area contributed by atoms with Gasteiger partial charge < -0.3 is 9.52 Å². The Balaban J connectivity index is 0.000000277. The molecule has 0 fully saturated rings. The molecule has 0 aliphatic heterocycles. The monoisotopic (exact) mass is 371 g/mol. The molecule has 3 rings (SSSR count). The standard InChI is InChI=1S/C13H8ClN3O.C2HF3O2/c14-11-5-1-3-9(7-11)12-16-17-13(18-12)10-4-2-6-15-8-10;3-2(4,5)1(6)7/h1-8H;(H,6,7). The highest BCUT2D eigenvalue weighted by atomic mass is 35.5. The molecule has 0 spiro atoms. The molecule has 0 amide bonds. The Hall–Kier alpha value is -2.94. The Morgan fingerprint density at radius 1 is 1.08 bits per heavy atom. The molecular formula is C15H9ClF3N3O3. The minimum Gasteiger partial charge on any atom is -0.475 e. The SMILES string of the molecule is Clc1cccc(-c2nnc(-c3cccnc3)o2)c1.O=C(O)C(F)(F)F. The van der Waals surface area contributed by atoms with E-state index in [-0.39, 0.29) is 0 Å². The van der Waals surface area contributed by atoms with Crippen molar-refractivity contribution in [1.82, 2.24) is 15.2 Å². The van der Waals surface area contributed by atoms with Crippen LogP contribution in [0.4, 0.5) is 13.2 Å². The van der Waals surface area contributed by atoms with Crippen LogP contribution in [0.3, 0.4) is 0 Å². The summed E-state index contributed by atoms with van der Waals surface area (Å²) in [6, 6.07) is 11.0. The summed E-state index contributed by atoms with van der Waals surface area (Å²) in [5.74, 6) is -1.87. The molecule has 6 nitrogen and oxygen atoms in total. The maximum atomic E-state index is 10.6. The molecule has 0 bridgehead atoms. The smallest absolute Gasteiger partial charge is 0.475 e. The van der Waals surface area contributed by atoms with Crippen molar-refractivity contribution in [3.05, 3.63) is 53.8 Å². The van der Waals surface area contributed by atoms with Crippen molar-refractivity contribution < 1.29 is 27.5 Å². The number of carboxylic acid groups (broad SMARTS) is 1. The average molecular weight is 372 g/mol. The first-order valence-corrected chi connectivity index (χ1v) is 6.95. The minimum atomic E-state index is -5.08. The number of benzene rings is 1. The molecule has 0 atom stereocenters. The second-order valence-electron chi connectivity index (χ2n) is 4.47. The highest BCUT2D eigenvalue weighted by Crippen LogP contribution is 2.24. The van der Waals surface area contributed by atoms with E-state index in [2.05, 4.69) is 15.2 Å². The number of halogens is 4. The molecule has 2 heterocycles. The third kappa shape index (κ3) is 5.28. The van der Waals surface area contributed by atoms with Gasteiger partial charge >= 0.3 is 12.1 Å². The Bertz CT molecular complexity index is 854. The number of aliphatic carboxylic acids is 1. The van der Waals surface area contributed by atoms with Gasteiger partial charge in [-0.15, -0.1) is 10.2 Å². The van der Waals surface area contributed by atoms with Gasteiger partial charge in [-0.2, -0.15) is 13.2 Å². The zero-order chi connectivity index (χ0) is 18.4.